The van der Waals surface area contributed by atoms with Gasteiger partial charge in [-0.25, -0.2) is 9.80 Å². The molecule has 1 aliphatic heterocycles. The Kier molecular flexibility index (Phi) is 6.68. The van der Waals surface area contributed by atoms with Crippen LogP contribution in [-0.4, -0.2) is 49.0 Å². The standard InChI is InChI=1S/C26H26N4O5/c1-16-12-20-14-23(34-3)24(35-4)15-22(20)25(28-29(16)26(31)27-2)18-10-8-17(9-11-18)19-6-5-7-21(13-19)30(32)33/h5-11,13-16H,12H2,1-4H3,(H,27,31). The molecule has 9 heteroatoms. The molecule has 0 fully saturated rings. The van der Waals surface area contributed by atoms with Crippen LogP contribution < -0.4 is 14.8 Å². The van der Waals surface area contributed by atoms with E-state index in [1.807, 2.05) is 49.4 Å². The molecule has 0 saturated heterocycles. The van der Waals surface area contributed by atoms with Crippen molar-refractivity contribution < 1.29 is 19.2 Å². The van der Waals surface area contributed by atoms with Gasteiger partial charge in [0.25, 0.3) is 5.69 Å². The third-order valence-electron chi connectivity index (χ3n) is 5.98. The van der Waals surface area contributed by atoms with E-state index in [0.717, 1.165) is 27.8 Å². The van der Waals surface area contributed by atoms with Crippen LogP contribution in [0.15, 0.2) is 65.8 Å². The monoisotopic (exact) mass is 474 g/mol. The molecular weight excluding hydrogens is 448 g/mol. The highest BCUT2D eigenvalue weighted by Gasteiger charge is 2.28. The van der Waals surface area contributed by atoms with E-state index in [1.165, 1.54) is 11.1 Å². The van der Waals surface area contributed by atoms with Gasteiger partial charge in [0.15, 0.2) is 11.5 Å². The Morgan fingerprint density at radius 3 is 2.31 bits per heavy atom. The quantitative estimate of drug-likeness (QED) is 0.429. The Morgan fingerprint density at radius 2 is 1.69 bits per heavy atom. The number of rotatable bonds is 5. The first-order chi connectivity index (χ1) is 16.9. The van der Waals surface area contributed by atoms with Gasteiger partial charge in [-0.05, 0) is 42.2 Å². The van der Waals surface area contributed by atoms with E-state index in [1.54, 1.807) is 33.4 Å². The number of nitrogens with zero attached hydrogens (tertiary/aromatic N) is 3. The van der Waals surface area contributed by atoms with E-state index >= 15 is 0 Å². The average Bonchev–Trinajstić information content (AvgIpc) is 3.02. The van der Waals surface area contributed by atoms with Gasteiger partial charge >= 0.3 is 6.03 Å². The number of hydrogen-bond acceptors (Lipinski definition) is 6. The maximum Gasteiger partial charge on any atom is 0.337 e. The van der Waals surface area contributed by atoms with Crippen LogP contribution in [0.3, 0.4) is 0 Å². The number of fused-ring (bicyclic) bond motifs is 1. The number of amides is 2. The van der Waals surface area contributed by atoms with Crippen molar-refractivity contribution in [2.75, 3.05) is 21.3 Å². The molecule has 0 aromatic heterocycles. The molecule has 180 valence electrons. The van der Waals surface area contributed by atoms with Gasteiger partial charge < -0.3 is 14.8 Å². The van der Waals surface area contributed by atoms with Gasteiger partial charge in [-0.2, -0.15) is 5.10 Å². The van der Waals surface area contributed by atoms with Gasteiger partial charge in [0.1, 0.15) is 0 Å². The van der Waals surface area contributed by atoms with Crippen molar-refractivity contribution in [3.63, 3.8) is 0 Å². The van der Waals surface area contributed by atoms with Crippen molar-refractivity contribution in [1.82, 2.24) is 10.3 Å². The molecule has 1 aliphatic rings. The van der Waals surface area contributed by atoms with Crippen LogP contribution in [0.2, 0.25) is 0 Å². The summed E-state index contributed by atoms with van der Waals surface area (Å²) in [6.45, 7) is 1.94. The minimum atomic E-state index is -0.411. The summed E-state index contributed by atoms with van der Waals surface area (Å²) in [5, 5.41) is 20.0. The molecule has 2 amide bonds. The smallest absolute Gasteiger partial charge is 0.337 e. The first-order valence-electron chi connectivity index (χ1n) is 11.1. The number of hydrogen-bond donors (Lipinski definition) is 1. The van der Waals surface area contributed by atoms with Crippen molar-refractivity contribution in [2.45, 2.75) is 19.4 Å². The number of ether oxygens (including phenoxy) is 2. The fourth-order valence-electron chi connectivity index (χ4n) is 4.17. The number of urea groups is 1. The van der Waals surface area contributed by atoms with Gasteiger partial charge in [0.05, 0.1) is 30.9 Å². The summed E-state index contributed by atoms with van der Waals surface area (Å²) in [7, 11) is 4.73. The highest BCUT2D eigenvalue weighted by Crippen LogP contribution is 2.35. The lowest BCUT2D eigenvalue weighted by atomic mass is 9.93. The summed E-state index contributed by atoms with van der Waals surface area (Å²) in [6.07, 6.45) is 0.571. The van der Waals surface area contributed by atoms with Crippen molar-refractivity contribution in [1.29, 1.82) is 0 Å². The molecule has 4 rings (SSSR count). The van der Waals surface area contributed by atoms with Crippen LogP contribution >= 0.6 is 0 Å². The SMILES string of the molecule is CNC(=O)N1N=C(c2ccc(-c3cccc([N+](=O)[O-])c3)cc2)c2cc(OC)c(OC)cc2CC1C. The van der Waals surface area contributed by atoms with Gasteiger partial charge in [-0.1, -0.05) is 36.4 Å². The molecule has 9 nitrogen and oxygen atoms in total. The van der Waals surface area contributed by atoms with E-state index in [9.17, 15) is 14.9 Å². The van der Waals surface area contributed by atoms with Gasteiger partial charge in [-0.3, -0.25) is 10.1 Å². The number of nitrogens with one attached hydrogen (secondary N) is 1. The summed E-state index contributed by atoms with van der Waals surface area (Å²) in [6, 6.07) is 17.3. The second kappa shape index (κ2) is 9.84. The summed E-state index contributed by atoms with van der Waals surface area (Å²) in [4.78, 5) is 23.4. The Morgan fingerprint density at radius 1 is 1.03 bits per heavy atom. The number of nitro groups is 1. The Hall–Kier alpha value is -4.40. The van der Waals surface area contributed by atoms with E-state index < -0.39 is 4.92 Å². The van der Waals surface area contributed by atoms with Crippen LogP contribution in [0.4, 0.5) is 10.5 Å². The normalized spacial score (nSPS) is 14.9. The molecule has 1 N–H and O–H groups in total. The first kappa shape index (κ1) is 23.7. The van der Waals surface area contributed by atoms with Crippen molar-refractivity contribution in [2.24, 2.45) is 5.10 Å². The molecule has 1 heterocycles. The Balaban J connectivity index is 1.83. The number of nitro benzene ring substituents is 1. The average molecular weight is 475 g/mol. The Labute approximate surface area is 203 Å². The highest BCUT2D eigenvalue weighted by atomic mass is 16.6. The number of carbonyl (C=O) groups is 1. The van der Waals surface area contributed by atoms with E-state index in [2.05, 4.69) is 5.32 Å². The molecule has 0 radical (unpaired) electrons. The predicted molar refractivity (Wildman–Crippen MR) is 133 cm³/mol. The zero-order valence-corrected chi connectivity index (χ0v) is 19.9. The molecule has 1 atom stereocenters. The van der Waals surface area contributed by atoms with Crippen LogP contribution in [-0.2, 0) is 6.42 Å². The van der Waals surface area contributed by atoms with Crippen LogP contribution in [0.25, 0.3) is 11.1 Å². The summed E-state index contributed by atoms with van der Waals surface area (Å²) >= 11 is 0. The summed E-state index contributed by atoms with van der Waals surface area (Å²) < 4.78 is 11.0. The number of non-ortho nitro benzene ring substituents is 1. The van der Waals surface area contributed by atoms with Crippen molar-refractivity contribution in [3.8, 4) is 22.6 Å². The zero-order valence-electron chi connectivity index (χ0n) is 19.9. The third kappa shape index (κ3) is 4.65. The number of hydrazone groups is 1. The molecule has 35 heavy (non-hydrogen) atoms. The topological polar surface area (TPSA) is 106 Å². The van der Waals surface area contributed by atoms with Crippen LogP contribution in [0, 0.1) is 10.1 Å². The molecule has 0 saturated carbocycles. The molecule has 3 aromatic carbocycles. The molecule has 3 aromatic rings. The lowest BCUT2D eigenvalue weighted by molar-refractivity contribution is -0.384. The highest BCUT2D eigenvalue weighted by molar-refractivity contribution is 6.14. The van der Waals surface area contributed by atoms with Crippen LogP contribution in [0.5, 0.6) is 11.5 Å². The predicted octanol–water partition coefficient (Wildman–Crippen LogP) is 4.62. The molecule has 0 spiro atoms. The minimum Gasteiger partial charge on any atom is -0.493 e. The summed E-state index contributed by atoms with van der Waals surface area (Å²) in [5.41, 5.74) is 4.81. The molecule has 0 bridgehead atoms. The molecular formula is C26H26N4O5. The van der Waals surface area contributed by atoms with Crippen molar-refractivity contribution >= 4 is 17.4 Å². The van der Waals surface area contributed by atoms with Gasteiger partial charge in [-0.15, -0.1) is 0 Å². The third-order valence-corrected chi connectivity index (χ3v) is 5.98. The number of carbonyl (C=O) groups excluding carboxylic acids is 1. The van der Waals surface area contributed by atoms with E-state index in [-0.39, 0.29) is 17.8 Å². The second-order valence-corrected chi connectivity index (χ2v) is 8.15. The maximum atomic E-state index is 12.6. The minimum absolute atomic E-state index is 0.0323. The lowest BCUT2D eigenvalue weighted by Crippen LogP contribution is -2.41. The fourth-order valence-corrected chi connectivity index (χ4v) is 4.17. The summed E-state index contributed by atoms with van der Waals surface area (Å²) in [5.74, 6) is 1.17. The zero-order chi connectivity index (χ0) is 25.1. The largest absolute Gasteiger partial charge is 0.493 e. The fraction of sp³-hybridized carbons (Fsp3) is 0.231. The first-order valence-corrected chi connectivity index (χ1v) is 11.1. The van der Waals surface area contributed by atoms with E-state index in [0.29, 0.717) is 23.6 Å². The maximum absolute atomic E-state index is 12.6. The molecule has 1 unspecified atom stereocenters. The molecule has 0 aliphatic carbocycles. The number of methoxy groups -OCH3 is 2. The van der Waals surface area contributed by atoms with Crippen molar-refractivity contribution in [3.05, 3.63) is 87.5 Å². The van der Waals surface area contributed by atoms with E-state index in [4.69, 9.17) is 14.6 Å². The lowest BCUT2D eigenvalue weighted by Gasteiger charge is -2.22. The Bertz CT molecular complexity index is 1300. The number of benzene rings is 3. The van der Waals surface area contributed by atoms with Gasteiger partial charge in [0.2, 0.25) is 0 Å². The van der Waals surface area contributed by atoms with Crippen LogP contribution in [0.1, 0.15) is 23.6 Å². The second-order valence-electron chi connectivity index (χ2n) is 8.15. The van der Waals surface area contributed by atoms with Gasteiger partial charge in [0, 0.05) is 30.3 Å².